The number of alkyl halides is 1. The molecule has 0 aliphatic rings. The van der Waals surface area contributed by atoms with Gasteiger partial charge in [0, 0.05) is 11.0 Å². The number of carboxylic acid groups (broad SMARTS) is 1. The Bertz CT molecular complexity index is 355. The highest BCUT2D eigenvalue weighted by Crippen LogP contribution is 2.14. The lowest BCUT2D eigenvalue weighted by Crippen LogP contribution is -2.05. The van der Waals surface area contributed by atoms with E-state index in [1.165, 1.54) is 0 Å². The lowest BCUT2D eigenvalue weighted by Gasteiger charge is -2.04. The molecule has 1 unspecified atom stereocenters. The van der Waals surface area contributed by atoms with Gasteiger partial charge in [-0.25, -0.2) is 4.79 Å². The van der Waals surface area contributed by atoms with Crippen LogP contribution in [0.15, 0.2) is 35.9 Å². The van der Waals surface area contributed by atoms with Crippen LogP contribution in [-0.2, 0) is 4.79 Å². The summed E-state index contributed by atoms with van der Waals surface area (Å²) < 4.78 is 0. The van der Waals surface area contributed by atoms with Gasteiger partial charge in [0.15, 0.2) is 0 Å². The van der Waals surface area contributed by atoms with E-state index in [-0.39, 0.29) is 5.38 Å². The summed E-state index contributed by atoms with van der Waals surface area (Å²) >= 11 is 5.78. The van der Waals surface area contributed by atoms with Gasteiger partial charge in [0.05, 0.1) is 0 Å². The molecule has 0 saturated carbocycles. The molecule has 0 aromatic heterocycles. The number of aliphatic carboxylic acids is 1. The van der Waals surface area contributed by atoms with Crippen LogP contribution in [0, 0.1) is 0 Å². The molecule has 3 heteroatoms. The zero-order valence-electron chi connectivity index (χ0n) is 8.48. The fourth-order valence-corrected chi connectivity index (χ4v) is 1.43. The summed E-state index contributed by atoms with van der Waals surface area (Å²) in [7, 11) is 0. The molecular formula is C12H13ClO2. The molecule has 1 rings (SSSR count). The van der Waals surface area contributed by atoms with Crippen molar-refractivity contribution in [3.05, 3.63) is 41.5 Å². The van der Waals surface area contributed by atoms with Gasteiger partial charge in [0.2, 0.25) is 0 Å². The van der Waals surface area contributed by atoms with Gasteiger partial charge in [-0.05, 0) is 25.0 Å². The summed E-state index contributed by atoms with van der Waals surface area (Å²) in [5.41, 5.74) is 1.22. The van der Waals surface area contributed by atoms with Crippen molar-refractivity contribution < 1.29 is 9.90 Å². The quantitative estimate of drug-likeness (QED) is 0.630. The highest BCUT2D eigenvalue weighted by Gasteiger charge is 2.10. The number of hydrogen-bond acceptors (Lipinski definition) is 1. The maximum absolute atomic E-state index is 10.9. The molecule has 0 saturated heterocycles. The van der Waals surface area contributed by atoms with Gasteiger partial charge in [0.25, 0.3) is 0 Å². The van der Waals surface area contributed by atoms with Crippen molar-refractivity contribution in [3.8, 4) is 0 Å². The summed E-state index contributed by atoms with van der Waals surface area (Å²) in [6.07, 6.45) is 2.02. The smallest absolute Gasteiger partial charge is 0.331 e. The van der Waals surface area contributed by atoms with Crippen molar-refractivity contribution in [2.75, 3.05) is 0 Å². The van der Waals surface area contributed by atoms with Crippen LogP contribution in [0.2, 0.25) is 0 Å². The number of halogens is 1. The van der Waals surface area contributed by atoms with Gasteiger partial charge in [-0.2, -0.15) is 0 Å². The van der Waals surface area contributed by atoms with Crippen molar-refractivity contribution in [1.29, 1.82) is 0 Å². The van der Waals surface area contributed by atoms with Gasteiger partial charge in [-0.3, -0.25) is 0 Å². The number of hydrogen-bond donors (Lipinski definition) is 1. The van der Waals surface area contributed by atoms with Crippen molar-refractivity contribution in [3.63, 3.8) is 0 Å². The average Bonchev–Trinajstić information content (AvgIpc) is 2.17. The first-order valence-corrected chi connectivity index (χ1v) is 5.16. The molecule has 1 atom stereocenters. The lowest BCUT2D eigenvalue weighted by molar-refractivity contribution is -0.132. The molecule has 0 aliphatic heterocycles. The fourth-order valence-electron chi connectivity index (χ4n) is 1.26. The summed E-state index contributed by atoms with van der Waals surface area (Å²) in [6.45, 7) is 1.78. The van der Waals surface area contributed by atoms with Crippen LogP contribution in [0.5, 0.6) is 0 Å². The van der Waals surface area contributed by atoms with Crippen LogP contribution in [0.3, 0.4) is 0 Å². The van der Waals surface area contributed by atoms with Crippen LogP contribution >= 0.6 is 11.6 Å². The van der Waals surface area contributed by atoms with Crippen molar-refractivity contribution in [2.45, 2.75) is 18.7 Å². The van der Waals surface area contributed by atoms with Crippen LogP contribution in [0.1, 0.15) is 18.9 Å². The molecule has 1 aromatic rings. The lowest BCUT2D eigenvalue weighted by atomic mass is 10.1. The summed E-state index contributed by atoms with van der Waals surface area (Å²) in [5, 5.41) is 8.79. The Hall–Kier alpha value is -1.28. The Morgan fingerprint density at radius 1 is 1.47 bits per heavy atom. The fraction of sp³-hybridized carbons (Fsp3) is 0.250. The third-order valence-electron chi connectivity index (χ3n) is 1.92. The van der Waals surface area contributed by atoms with E-state index in [1.807, 2.05) is 30.3 Å². The first-order chi connectivity index (χ1) is 7.09. The third kappa shape index (κ3) is 4.17. The molecular weight excluding hydrogens is 212 g/mol. The van der Waals surface area contributed by atoms with Crippen LogP contribution in [0.4, 0.5) is 0 Å². The van der Waals surface area contributed by atoms with Crippen LogP contribution < -0.4 is 0 Å². The average molecular weight is 225 g/mol. The Balaban J connectivity index is 2.89. The topological polar surface area (TPSA) is 37.3 Å². The monoisotopic (exact) mass is 224 g/mol. The zero-order valence-corrected chi connectivity index (χ0v) is 9.24. The molecule has 0 amide bonds. The largest absolute Gasteiger partial charge is 0.478 e. The summed E-state index contributed by atoms with van der Waals surface area (Å²) in [5.74, 6) is -0.911. The Kier molecular flexibility index (Phi) is 4.37. The van der Waals surface area contributed by atoms with E-state index in [0.29, 0.717) is 12.0 Å². The van der Waals surface area contributed by atoms with Gasteiger partial charge in [-0.1, -0.05) is 30.3 Å². The molecule has 0 fully saturated rings. The highest BCUT2D eigenvalue weighted by molar-refractivity contribution is 6.20. The standard InChI is InChI=1S/C12H13ClO2/c1-9(13)7-11(12(14)15)8-10-5-3-2-4-6-10/h2-6,8-9H,7H2,1H3,(H,14,15). The summed E-state index contributed by atoms with van der Waals surface area (Å²) in [6, 6.07) is 9.36. The van der Waals surface area contributed by atoms with Gasteiger partial charge < -0.3 is 5.11 Å². The highest BCUT2D eigenvalue weighted by atomic mass is 35.5. The number of carboxylic acids is 1. The van der Waals surface area contributed by atoms with E-state index in [2.05, 4.69) is 0 Å². The minimum absolute atomic E-state index is 0.170. The molecule has 0 spiro atoms. The zero-order chi connectivity index (χ0) is 11.3. The number of benzene rings is 1. The summed E-state index contributed by atoms with van der Waals surface area (Å²) in [4.78, 5) is 10.9. The van der Waals surface area contributed by atoms with Crippen molar-refractivity contribution >= 4 is 23.6 Å². The second-order valence-corrected chi connectivity index (χ2v) is 4.12. The van der Waals surface area contributed by atoms with Crippen LogP contribution in [-0.4, -0.2) is 16.5 Å². The Morgan fingerprint density at radius 2 is 2.07 bits per heavy atom. The predicted octanol–water partition coefficient (Wildman–Crippen LogP) is 3.17. The van der Waals surface area contributed by atoms with E-state index in [9.17, 15) is 4.79 Å². The normalized spacial score (nSPS) is 13.6. The first-order valence-electron chi connectivity index (χ1n) is 4.72. The molecule has 2 nitrogen and oxygen atoms in total. The molecule has 1 N–H and O–H groups in total. The predicted molar refractivity (Wildman–Crippen MR) is 62.0 cm³/mol. The Labute approximate surface area is 94.2 Å². The third-order valence-corrected chi connectivity index (χ3v) is 2.07. The van der Waals surface area contributed by atoms with Crippen molar-refractivity contribution in [2.24, 2.45) is 0 Å². The van der Waals surface area contributed by atoms with Crippen molar-refractivity contribution in [1.82, 2.24) is 0 Å². The number of rotatable bonds is 4. The maximum atomic E-state index is 10.9. The second-order valence-electron chi connectivity index (χ2n) is 3.37. The molecule has 1 aromatic carbocycles. The van der Waals surface area contributed by atoms with E-state index in [4.69, 9.17) is 16.7 Å². The SMILES string of the molecule is CC(Cl)CC(=Cc1ccccc1)C(=O)O. The van der Waals surface area contributed by atoms with Gasteiger partial charge in [-0.15, -0.1) is 11.6 Å². The van der Waals surface area contributed by atoms with E-state index in [0.717, 1.165) is 5.56 Å². The molecule has 0 heterocycles. The molecule has 0 bridgehead atoms. The van der Waals surface area contributed by atoms with Gasteiger partial charge in [0.1, 0.15) is 0 Å². The minimum atomic E-state index is -0.911. The van der Waals surface area contributed by atoms with Gasteiger partial charge >= 0.3 is 5.97 Å². The molecule has 0 aliphatic carbocycles. The first kappa shape index (κ1) is 11.8. The van der Waals surface area contributed by atoms with E-state index in [1.54, 1.807) is 13.0 Å². The minimum Gasteiger partial charge on any atom is -0.478 e. The molecule has 0 radical (unpaired) electrons. The van der Waals surface area contributed by atoms with E-state index >= 15 is 0 Å². The maximum Gasteiger partial charge on any atom is 0.331 e. The van der Waals surface area contributed by atoms with Crippen LogP contribution in [0.25, 0.3) is 6.08 Å². The molecule has 15 heavy (non-hydrogen) atoms. The second kappa shape index (κ2) is 5.56. The number of carbonyl (C=O) groups is 1. The Morgan fingerprint density at radius 3 is 2.53 bits per heavy atom. The van der Waals surface area contributed by atoms with E-state index < -0.39 is 5.97 Å². The molecule has 80 valence electrons.